The van der Waals surface area contributed by atoms with E-state index < -0.39 is 17.5 Å². The summed E-state index contributed by atoms with van der Waals surface area (Å²) in [5.74, 6) is -0.680. The van der Waals surface area contributed by atoms with Gasteiger partial charge in [0.15, 0.2) is 6.10 Å². The molecular weight excluding hydrogens is 258 g/mol. The maximum absolute atomic E-state index is 11.9. The average molecular weight is 279 g/mol. The molecule has 0 saturated heterocycles. The van der Waals surface area contributed by atoms with Crippen LogP contribution in [0.15, 0.2) is 24.3 Å². The molecule has 0 radical (unpaired) electrons. The minimum absolute atomic E-state index is 0.0583. The predicted octanol–water partition coefficient (Wildman–Crippen LogP) is 1.99. The van der Waals surface area contributed by atoms with Gasteiger partial charge in [0.25, 0.3) is 5.91 Å². The molecular formula is C15H21NO4. The molecule has 1 atom stereocenters. The van der Waals surface area contributed by atoms with Gasteiger partial charge in [-0.3, -0.25) is 9.59 Å². The molecule has 1 unspecified atom stereocenters. The highest BCUT2D eigenvalue weighted by Gasteiger charge is 2.28. The third kappa shape index (κ3) is 4.57. The number of amides is 1. The minimum atomic E-state index is -1.00. The van der Waals surface area contributed by atoms with Crippen molar-refractivity contribution in [2.45, 2.75) is 33.8 Å². The summed E-state index contributed by atoms with van der Waals surface area (Å²) in [6.07, 6.45) is -0.678. The molecule has 5 nitrogen and oxygen atoms in total. The number of ether oxygens (including phenoxy) is 1. The van der Waals surface area contributed by atoms with Gasteiger partial charge in [-0.2, -0.15) is 0 Å². The number of carbonyl (C=O) groups excluding carboxylic acids is 1. The van der Waals surface area contributed by atoms with E-state index in [1.165, 1.54) is 0 Å². The zero-order chi connectivity index (χ0) is 15.3. The van der Waals surface area contributed by atoms with Crippen molar-refractivity contribution in [3.8, 4) is 5.75 Å². The fraction of sp³-hybridized carbons (Fsp3) is 0.467. The van der Waals surface area contributed by atoms with Crippen LogP contribution in [0, 0.1) is 12.3 Å². The number of aryl methyl sites for hydroxylation is 1. The van der Waals surface area contributed by atoms with Crippen molar-refractivity contribution in [2.24, 2.45) is 5.41 Å². The second kappa shape index (κ2) is 6.41. The van der Waals surface area contributed by atoms with Gasteiger partial charge in [-0.15, -0.1) is 0 Å². The molecule has 2 N–H and O–H groups in total. The number of hydrogen-bond acceptors (Lipinski definition) is 3. The zero-order valence-corrected chi connectivity index (χ0v) is 12.3. The van der Waals surface area contributed by atoms with Crippen LogP contribution in [0.4, 0.5) is 0 Å². The van der Waals surface area contributed by atoms with Gasteiger partial charge in [-0.25, -0.2) is 0 Å². The van der Waals surface area contributed by atoms with Gasteiger partial charge in [0.2, 0.25) is 0 Å². The highest BCUT2D eigenvalue weighted by molar-refractivity contribution is 5.82. The number of benzene rings is 1. The summed E-state index contributed by atoms with van der Waals surface area (Å²) in [5, 5.41) is 11.6. The number of carboxylic acid groups (broad SMARTS) is 1. The van der Waals surface area contributed by atoms with Gasteiger partial charge >= 0.3 is 5.97 Å². The molecule has 0 aromatic heterocycles. The topological polar surface area (TPSA) is 75.6 Å². The Hall–Kier alpha value is -2.04. The van der Waals surface area contributed by atoms with Crippen LogP contribution in [-0.2, 0) is 9.59 Å². The predicted molar refractivity (Wildman–Crippen MR) is 75.7 cm³/mol. The maximum Gasteiger partial charge on any atom is 0.310 e. The van der Waals surface area contributed by atoms with Gasteiger partial charge in [0.1, 0.15) is 5.75 Å². The van der Waals surface area contributed by atoms with Crippen molar-refractivity contribution in [2.75, 3.05) is 6.54 Å². The number of carboxylic acids is 1. The van der Waals surface area contributed by atoms with Crippen LogP contribution in [0.5, 0.6) is 5.75 Å². The fourth-order valence-electron chi connectivity index (χ4n) is 1.40. The van der Waals surface area contributed by atoms with Crippen LogP contribution in [-0.4, -0.2) is 29.6 Å². The molecule has 1 rings (SSSR count). The Kier molecular flexibility index (Phi) is 5.13. The summed E-state index contributed by atoms with van der Waals surface area (Å²) in [7, 11) is 0. The lowest BCUT2D eigenvalue weighted by atomic mass is 9.94. The normalized spacial score (nSPS) is 12.6. The van der Waals surface area contributed by atoms with Crippen LogP contribution in [0.3, 0.4) is 0 Å². The summed E-state index contributed by atoms with van der Waals surface area (Å²) in [5.41, 5.74) is 0.108. The van der Waals surface area contributed by atoms with Gasteiger partial charge in [-0.05, 0) is 39.8 Å². The standard InChI is InChI=1S/C15H21NO4/c1-10-5-7-12(8-6-10)20-11(2)13(17)16-9-15(3,4)14(18)19/h5-8,11H,9H2,1-4H3,(H,16,17)(H,18,19). The van der Waals surface area contributed by atoms with Gasteiger partial charge < -0.3 is 15.2 Å². The molecule has 0 bridgehead atoms. The molecule has 0 saturated carbocycles. The van der Waals surface area contributed by atoms with Crippen LogP contribution in [0.2, 0.25) is 0 Å². The Bertz CT molecular complexity index is 479. The van der Waals surface area contributed by atoms with Crippen LogP contribution in [0.25, 0.3) is 0 Å². The average Bonchev–Trinajstić information content (AvgIpc) is 2.38. The van der Waals surface area contributed by atoms with Crippen molar-refractivity contribution in [1.29, 1.82) is 0 Å². The van der Waals surface area contributed by atoms with Crippen molar-refractivity contribution >= 4 is 11.9 Å². The first-order valence-corrected chi connectivity index (χ1v) is 6.47. The number of rotatable bonds is 6. The SMILES string of the molecule is Cc1ccc(OC(C)C(=O)NCC(C)(C)C(=O)O)cc1. The molecule has 1 aromatic carbocycles. The Balaban J connectivity index is 2.51. The highest BCUT2D eigenvalue weighted by atomic mass is 16.5. The third-order valence-electron chi connectivity index (χ3n) is 2.99. The van der Waals surface area contributed by atoms with Gasteiger partial charge in [-0.1, -0.05) is 17.7 Å². The second-order valence-corrected chi connectivity index (χ2v) is 5.48. The first-order chi connectivity index (χ1) is 9.22. The number of nitrogens with one attached hydrogen (secondary N) is 1. The monoisotopic (exact) mass is 279 g/mol. The first-order valence-electron chi connectivity index (χ1n) is 6.47. The van der Waals surface area contributed by atoms with E-state index in [9.17, 15) is 9.59 Å². The van der Waals surface area contributed by atoms with Crippen molar-refractivity contribution in [3.05, 3.63) is 29.8 Å². The number of aliphatic carboxylic acids is 1. The third-order valence-corrected chi connectivity index (χ3v) is 2.99. The lowest BCUT2D eigenvalue weighted by Crippen LogP contribution is -2.43. The number of carbonyl (C=O) groups is 2. The second-order valence-electron chi connectivity index (χ2n) is 5.48. The van der Waals surface area contributed by atoms with E-state index in [-0.39, 0.29) is 12.5 Å². The zero-order valence-electron chi connectivity index (χ0n) is 12.3. The molecule has 110 valence electrons. The lowest BCUT2D eigenvalue weighted by molar-refractivity contribution is -0.147. The summed E-state index contributed by atoms with van der Waals surface area (Å²) in [6.45, 7) is 6.77. The molecule has 1 amide bonds. The molecule has 0 spiro atoms. The van der Waals surface area contributed by atoms with Crippen LogP contribution < -0.4 is 10.1 Å². The maximum atomic E-state index is 11.9. The summed E-state index contributed by atoms with van der Waals surface area (Å²) < 4.78 is 5.50. The van der Waals surface area contributed by atoms with Crippen molar-refractivity contribution in [3.63, 3.8) is 0 Å². The van der Waals surface area contributed by atoms with E-state index in [1.54, 1.807) is 32.9 Å². The summed E-state index contributed by atoms with van der Waals surface area (Å²) in [4.78, 5) is 22.8. The smallest absolute Gasteiger partial charge is 0.310 e. The van der Waals surface area contributed by atoms with E-state index in [1.807, 2.05) is 19.1 Å². The first kappa shape index (κ1) is 16.0. The Morgan fingerprint density at radius 2 is 1.85 bits per heavy atom. The molecule has 0 aliphatic carbocycles. The molecule has 0 aliphatic rings. The van der Waals surface area contributed by atoms with Crippen molar-refractivity contribution in [1.82, 2.24) is 5.32 Å². The molecule has 5 heteroatoms. The molecule has 0 aliphatic heterocycles. The Labute approximate surface area is 118 Å². The Morgan fingerprint density at radius 3 is 2.35 bits per heavy atom. The summed E-state index contributed by atoms with van der Waals surface area (Å²) >= 11 is 0. The highest BCUT2D eigenvalue weighted by Crippen LogP contribution is 2.15. The largest absolute Gasteiger partial charge is 0.481 e. The quantitative estimate of drug-likeness (QED) is 0.835. The van der Waals surface area contributed by atoms with E-state index in [0.717, 1.165) is 5.56 Å². The van der Waals surface area contributed by atoms with E-state index in [2.05, 4.69) is 5.32 Å². The fourth-order valence-corrected chi connectivity index (χ4v) is 1.40. The number of hydrogen-bond donors (Lipinski definition) is 2. The minimum Gasteiger partial charge on any atom is -0.481 e. The van der Waals surface area contributed by atoms with E-state index in [4.69, 9.17) is 9.84 Å². The lowest BCUT2D eigenvalue weighted by Gasteiger charge is -2.21. The molecule has 0 fully saturated rings. The molecule has 0 heterocycles. The van der Waals surface area contributed by atoms with E-state index in [0.29, 0.717) is 5.75 Å². The van der Waals surface area contributed by atoms with Crippen molar-refractivity contribution < 1.29 is 19.4 Å². The van der Waals surface area contributed by atoms with Crippen LogP contribution >= 0.6 is 0 Å². The van der Waals surface area contributed by atoms with Gasteiger partial charge in [0, 0.05) is 6.54 Å². The molecule has 1 aromatic rings. The Morgan fingerprint density at radius 1 is 1.30 bits per heavy atom. The van der Waals surface area contributed by atoms with E-state index >= 15 is 0 Å². The summed E-state index contributed by atoms with van der Waals surface area (Å²) in [6, 6.07) is 7.38. The van der Waals surface area contributed by atoms with Crippen LogP contribution in [0.1, 0.15) is 26.3 Å². The molecule has 20 heavy (non-hydrogen) atoms. The van der Waals surface area contributed by atoms with Gasteiger partial charge in [0.05, 0.1) is 5.41 Å².